The number of nitrogen functional groups attached to an aromatic ring is 1. The van der Waals surface area contributed by atoms with E-state index in [0.29, 0.717) is 12.2 Å². The number of rotatable bonds is 2. The van der Waals surface area contributed by atoms with Crippen molar-refractivity contribution in [3.8, 4) is 0 Å². The Kier molecular flexibility index (Phi) is 2.79. The van der Waals surface area contributed by atoms with Gasteiger partial charge in [-0.15, -0.1) is 5.10 Å². The third-order valence-corrected chi connectivity index (χ3v) is 2.93. The quantitative estimate of drug-likeness (QED) is 0.762. The number of halogens is 1. The highest BCUT2D eigenvalue weighted by Crippen LogP contribution is 2.22. The van der Waals surface area contributed by atoms with E-state index in [1.165, 1.54) is 12.3 Å². The van der Waals surface area contributed by atoms with Crippen LogP contribution >= 0.6 is 0 Å². The minimum absolute atomic E-state index is 0.356. The molecule has 0 fully saturated rings. The number of hydrogen-bond acceptors (Lipinski definition) is 4. The smallest absolute Gasteiger partial charge is 0.153 e. The number of nitrogens with two attached hydrogens (primary N) is 1. The van der Waals surface area contributed by atoms with E-state index < -0.39 is 0 Å². The number of benzene rings is 1. The summed E-state index contributed by atoms with van der Waals surface area (Å²) in [5.41, 5.74) is 7.31. The second-order valence-corrected chi connectivity index (χ2v) is 4.27. The maximum absolute atomic E-state index is 13.1. The molecule has 0 unspecified atom stereocenters. The molecule has 94 valence electrons. The van der Waals surface area contributed by atoms with Gasteiger partial charge in [0.15, 0.2) is 5.82 Å². The summed E-state index contributed by atoms with van der Waals surface area (Å²) >= 11 is 0. The SMILES string of the molecule is Nc1nnc(Cc2cncc(F)c2)c2ccccc12. The Morgan fingerprint density at radius 3 is 2.63 bits per heavy atom. The largest absolute Gasteiger partial charge is 0.382 e. The van der Waals surface area contributed by atoms with Crippen LogP contribution in [0.4, 0.5) is 10.2 Å². The van der Waals surface area contributed by atoms with E-state index in [-0.39, 0.29) is 5.82 Å². The molecule has 0 aliphatic rings. The lowest BCUT2D eigenvalue weighted by Crippen LogP contribution is -2.01. The molecular formula is C14H11FN4. The molecule has 3 rings (SSSR count). The molecule has 0 saturated heterocycles. The van der Waals surface area contributed by atoms with Gasteiger partial charge in [-0.3, -0.25) is 4.98 Å². The molecule has 0 saturated carbocycles. The topological polar surface area (TPSA) is 64.7 Å². The third kappa shape index (κ3) is 2.22. The molecule has 0 bridgehead atoms. The average Bonchev–Trinajstić information content (AvgIpc) is 2.42. The minimum atomic E-state index is -0.356. The molecule has 2 N–H and O–H groups in total. The Hall–Kier alpha value is -2.56. The lowest BCUT2D eigenvalue weighted by atomic mass is 10.1. The van der Waals surface area contributed by atoms with Gasteiger partial charge in [-0.05, 0) is 11.6 Å². The lowest BCUT2D eigenvalue weighted by Gasteiger charge is -2.06. The third-order valence-electron chi connectivity index (χ3n) is 2.93. The Morgan fingerprint density at radius 1 is 1.05 bits per heavy atom. The van der Waals surface area contributed by atoms with Crippen molar-refractivity contribution >= 4 is 16.6 Å². The molecule has 2 aromatic heterocycles. The van der Waals surface area contributed by atoms with Crippen molar-refractivity contribution in [3.05, 3.63) is 59.8 Å². The van der Waals surface area contributed by atoms with E-state index in [2.05, 4.69) is 15.2 Å². The summed E-state index contributed by atoms with van der Waals surface area (Å²) in [6, 6.07) is 9.08. The van der Waals surface area contributed by atoms with Gasteiger partial charge in [-0.25, -0.2) is 4.39 Å². The Balaban J connectivity index is 2.09. The van der Waals surface area contributed by atoms with E-state index in [4.69, 9.17) is 5.73 Å². The van der Waals surface area contributed by atoms with Gasteiger partial charge in [0.25, 0.3) is 0 Å². The van der Waals surface area contributed by atoms with Gasteiger partial charge in [0.1, 0.15) is 5.82 Å². The molecule has 0 amide bonds. The van der Waals surface area contributed by atoms with Gasteiger partial charge in [-0.2, -0.15) is 5.10 Å². The maximum Gasteiger partial charge on any atom is 0.153 e. The average molecular weight is 254 g/mol. The minimum Gasteiger partial charge on any atom is -0.382 e. The van der Waals surface area contributed by atoms with Crippen molar-refractivity contribution in [3.63, 3.8) is 0 Å². The van der Waals surface area contributed by atoms with Gasteiger partial charge in [0.05, 0.1) is 11.9 Å². The van der Waals surface area contributed by atoms with Crippen LogP contribution in [0.25, 0.3) is 10.8 Å². The lowest BCUT2D eigenvalue weighted by molar-refractivity contribution is 0.619. The van der Waals surface area contributed by atoms with Gasteiger partial charge in [0.2, 0.25) is 0 Å². The molecule has 0 aliphatic heterocycles. The summed E-state index contributed by atoms with van der Waals surface area (Å²) in [5.74, 6) is 0.0435. The number of nitrogens with zero attached hydrogens (tertiary/aromatic N) is 3. The van der Waals surface area contributed by atoms with Gasteiger partial charge in [-0.1, -0.05) is 24.3 Å². The van der Waals surface area contributed by atoms with Crippen molar-refractivity contribution in [1.29, 1.82) is 0 Å². The molecule has 2 heterocycles. The molecule has 0 aliphatic carbocycles. The first-order chi connectivity index (χ1) is 9.24. The first kappa shape index (κ1) is 11.5. The summed E-state index contributed by atoms with van der Waals surface area (Å²) in [6.45, 7) is 0. The molecular weight excluding hydrogens is 243 g/mol. The zero-order chi connectivity index (χ0) is 13.2. The van der Waals surface area contributed by atoms with Crippen LogP contribution in [0.15, 0.2) is 42.7 Å². The van der Waals surface area contributed by atoms with Crippen molar-refractivity contribution in [2.75, 3.05) is 5.73 Å². The number of aromatic nitrogens is 3. The summed E-state index contributed by atoms with van der Waals surface area (Å²) in [7, 11) is 0. The van der Waals surface area contributed by atoms with Crippen molar-refractivity contribution in [2.45, 2.75) is 6.42 Å². The van der Waals surface area contributed by atoms with E-state index >= 15 is 0 Å². The Bertz CT molecular complexity index is 742. The summed E-state index contributed by atoms with van der Waals surface area (Å²) in [4.78, 5) is 3.83. The van der Waals surface area contributed by atoms with Crippen LogP contribution in [0.1, 0.15) is 11.3 Å². The van der Waals surface area contributed by atoms with E-state index in [1.807, 2.05) is 24.3 Å². The number of fused-ring (bicyclic) bond motifs is 1. The van der Waals surface area contributed by atoms with Crippen LogP contribution in [0.3, 0.4) is 0 Å². The Labute approximate surface area is 109 Å². The number of hydrogen-bond donors (Lipinski definition) is 1. The van der Waals surface area contributed by atoms with Crippen LogP contribution in [-0.2, 0) is 6.42 Å². The first-order valence-electron chi connectivity index (χ1n) is 5.83. The summed E-state index contributed by atoms with van der Waals surface area (Å²) in [6.07, 6.45) is 3.27. The highest BCUT2D eigenvalue weighted by atomic mass is 19.1. The van der Waals surface area contributed by atoms with Gasteiger partial charge >= 0.3 is 0 Å². The van der Waals surface area contributed by atoms with Crippen molar-refractivity contribution in [1.82, 2.24) is 15.2 Å². The number of anilines is 1. The molecule has 5 heteroatoms. The standard InChI is InChI=1S/C14H11FN4/c15-10-5-9(7-17-8-10)6-13-11-3-1-2-4-12(11)14(16)19-18-13/h1-5,7-8H,6H2,(H2,16,19). The zero-order valence-electron chi connectivity index (χ0n) is 10.0. The molecule has 0 radical (unpaired) electrons. The normalized spacial score (nSPS) is 10.8. The van der Waals surface area contributed by atoms with Crippen molar-refractivity contribution < 1.29 is 4.39 Å². The van der Waals surface area contributed by atoms with E-state index in [0.717, 1.165) is 22.0 Å². The van der Waals surface area contributed by atoms with Crippen LogP contribution in [0, 0.1) is 5.82 Å². The molecule has 19 heavy (non-hydrogen) atoms. The maximum atomic E-state index is 13.1. The fraction of sp³-hybridized carbons (Fsp3) is 0.0714. The second-order valence-electron chi connectivity index (χ2n) is 4.27. The summed E-state index contributed by atoms with van der Waals surface area (Å²) < 4.78 is 13.1. The first-order valence-corrected chi connectivity index (χ1v) is 5.83. The molecule has 1 aromatic carbocycles. The van der Waals surface area contributed by atoms with Crippen LogP contribution < -0.4 is 5.73 Å². The fourth-order valence-electron chi connectivity index (χ4n) is 2.06. The molecule has 3 aromatic rings. The Morgan fingerprint density at radius 2 is 1.84 bits per heavy atom. The highest BCUT2D eigenvalue weighted by Gasteiger charge is 2.08. The highest BCUT2D eigenvalue weighted by molar-refractivity contribution is 5.92. The molecule has 4 nitrogen and oxygen atoms in total. The van der Waals surface area contributed by atoms with Crippen molar-refractivity contribution in [2.24, 2.45) is 0 Å². The summed E-state index contributed by atoms with van der Waals surface area (Å²) in [5, 5.41) is 9.83. The predicted molar refractivity (Wildman–Crippen MR) is 71.0 cm³/mol. The second kappa shape index (κ2) is 4.61. The zero-order valence-corrected chi connectivity index (χ0v) is 10.0. The predicted octanol–water partition coefficient (Wildman–Crippen LogP) is 2.34. The fourth-order valence-corrected chi connectivity index (χ4v) is 2.06. The van der Waals surface area contributed by atoms with E-state index in [9.17, 15) is 4.39 Å². The van der Waals surface area contributed by atoms with Gasteiger partial charge < -0.3 is 5.73 Å². The van der Waals surface area contributed by atoms with Gasteiger partial charge in [0, 0.05) is 23.4 Å². The van der Waals surface area contributed by atoms with Crippen LogP contribution in [0.2, 0.25) is 0 Å². The van der Waals surface area contributed by atoms with Crippen LogP contribution in [0.5, 0.6) is 0 Å². The van der Waals surface area contributed by atoms with Crippen LogP contribution in [-0.4, -0.2) is 15.2 Å². The van der Waals surface area contributed by atoms with E-state index in [1.54, 1.807) is 6.20 Å². The monoisotopic (exact) mass is 254 g/mol. The number of pyridine rings is 1. The molecule has 0 atom stereocenters. The molecule has 0 spiro atoms.